The Morgan fingerprint density at radius 2 is 1.94 bits per heavy atom. The van der Waals surface area contributed by atoms with E-state index in [1.807, 2.05) is 11.8 Å². The lowest BCUT2D eigenvalue weighted by molar-refractivity contribution is -0.148. The molecular formula is C37H42F3N5O4. The van der Waals surface area contributed by atoms with Crippen molar-refractivity contribution in [3.63, 3.8) is 0 Å². The molecule has 0 aliphatic carbocycles. The lowest BCUT2D eigenvalue weighted by Gasteiger charge is -2.32. The molecule has 49 heavy (non-hydrogen) atoms. The van der Waals surface area contributed by atoms with Crippen LogP contribution in [0, 0.1) is 17.6 Å². The highest BCUT2D eigenvalue weighted by Crippen LogP contribution is 2.42. The Morgan fingerprint density at radius 3 is 2.76 bits per heavy atom. The fourth-order valence-corrected chi connectivity index (χ4v) is 8.16. The molecule has 12 heteroatoms. The van der Waals surface area contributed by atoms with Crippen molar-refractivity contribution >= 4 is 33.5 Å². The molecule has 1 N–H and O–H groups in total. The monoisotopic (exact) mass is 677 g/mol. The summed E-state index contributed by atoms with van der Waals surface area (Å²) in [5.41, 5.74) is -0.00661. The number of nitrogens with zero attached hydrogens (tertiary/aromatic N) is 5. The maximum Gasteiger partial charge on any atom is 0.319 e. The third-order valence-electron chi connectivity index (χ3n) is 10.5. The summed E-state index contributed by atoms with van der Waals surface area (Å²) in [5.74, 6) is -1.63. The topological polar surface area (TPSA) is 101 Å². The maximum absolute atomic E-state index is 17.0. The number of aromatic nitrogens is 3. The maximum atomic E-state index is 17.0. The number of hydrogen-bond acceptors (Lipinski definition) is 9. The number of hydrogen-bond donors (Lipinski definition) is 1. The highest BCUT2D eigenvalue weighted by Gasteiger charge is 2.49. The number of rotatable bonds is 8. The predicted molar refractivity (Wildman–Crippen MR) is 181 cm³/mol. The van der Waals surface area contributed by atoms with Gasteiger partial charge >= 0.3 is 12.0 Å². The number of fused-ring (bicyclic) bond motifs is 3. The molecule has 0 bridgehead atoms. The zero-order valence-corrected chi connectivity index (χ0v) is 28.0. The second kappa shape index (κ2) is 13.6. The number of benzene rings is 2. The summed E-state index contributed by atoms with van der Waals surface area (Å²) in [6.45, 7) is 6.03. The molecular weight excluding hydrogens is 635 g/mol. The number of ether oxygens (including phenoxy) is 2. The number of halogens is 3. The fraction of sp³-hybridized carbons (Fsp3) is 0.514. The minimum atomic E-state index is -0.945. The zero-order valence-electron chi connectivity index (χ0n) is 28.0. The molecule has 260 valence electrons. The van der Waals surface area contributed by atoms with Crippen LogP contribution in [0.1, 0.15) is 64.4 Å². The zero-order chi connectivity index (χ0) is 34.3. The van der Waals surface area contributed by atoms with Gasteiger partial charge in [-0.05, 0) is 80.1 Å². The Kier molecular flexibility index (Phi) is 9.25. The number of carbonyl (C=O) groups excluding carboxylic acids is 1. The van der Waals surface area contributed by atoms with Crippen molar-refractivity contribution in [3.8, 4) is 23.0 Å². The molecule has 3 aliphatic rings. The van der Waals surface area contributed by atoms with Crippen LogP contribution >= 0.6 is 0 Å². The number of phenolic OH excluding ortho intramolecular Hbond substituents is 1. The molecule has 2 aromatic carbocycles. The number of anilines is 1. The molecule has 3 aliphatic heterocycles. The number of esters is 1. The normalized spacial score (nSPS) is 23.1. The van der Waals surface area contributed by atoms with Gasteiger partial charge in [-0.25, -0.2) is 13.2 Å². The van der Waals surface area contributed by atoms with Crippen LogP contribution in [0.5, 0.6) is 11.8 Å². The van der Waals surface area contributed by atoms with Crippen LogP contribution in [-0.4, -0.2) is 82.0 Å². The van der Waals surface area contributed by atoms with Crippen molar-refractivity contribution in [1.82, 2.24) is 19.9 Å². The lowest BCUT2D eigenvalue weighted by atomic mass is 9.94. The number of phenols is 1. The van der Waals surface area contributed by atoms with Crippen LogP contribution in [0.2, 0.25) is 0 Å². The van der Waals surface area contributed by atoms with Gasteiger partial charge in [0.15, 0.2) is 5.82 Å². The number of pyridine rings is 1. The molecule has 3 fully saturated rings. The summed E-state index contributed by atoms with van der Waals surface area (Å²) >= 11 is 0. The molecule has 3 saturated heterocycles. The molecule has 9 nitrogen and oxygen atoms in total. The number of aromatic hydroxyl groups is 1. The smallest absolute Gasteiger partial charge is 0.319 e. The second-order valence-electron chi connectivity index (χ2n) is 13.6. The van der Waals surface area contributed by atoms with Crippen molar-refractivity contribution in [3.05, 3.63) is 47.7 Å². The van der Waals surface area contributed by atoms with Gasteiger partial charge in [0, 0.05) is 37.8 Å². The van der Waals surface area contributed by atoms with E-state index in [0.717, 1.165) is 38.6 Å². The Morgan fingerprint density at radius 1 is 1.08 bits per heavy atom. The number of alkyl halides is 1. The molecule has 7 rings (SSSR count). The molecule has 4 aromatic rings. The first-order chi connectivity index (χ1) is 23.7. The van der Waals surface area contributed by atoms with E-state index in [9.17, 15) is 14.3 Å². The van der Waals surface area contributed by atoms with E-state index in [-0.39, 0.29) is 47.7 Å². The van der Waals surface area contributed by atoms with Gasteiger partial charge in [0.25, 0.3) is 0 Å². The molecule has 3 atom stereocenters. The Balaban J connectivity index is 1.37. The summed E-state index contributed by atoms with van der Waals surface area (Å²) in [7, 11) is 0. The van der Waals surface area contributed by atoms with E-state index < -0.39 is 29.3 Å². The van der Waals surface area contributed by atoms with Gasteiger partial charge < -0.3 is 19.5 Å². The molecule has 0 amide bonds. The third-order valence-corrected chi connectivity index (χ3v) is 10.5. The first-order valence-corrected chi connectivity index (χ1v) is 17.5. The van der Waals surface area contributed by atoms with Crippen molar-refractivity contribution in [2.45, 2.75) is 76.9 Å². The Hall–Kier alpha value is -4.19. The Bertz CT molecular complexity index is 1890. The molecule has 0 saturated carbocycles. The van der Waals surface area contributed by atoms with Crippen molar-refractivity contribution in [2.24, 2.45) is 5.92 Å². The van der Waals surface area contributed by atoms with Gasteiger partial charge in [0.05, 0.1) is 23.4 Å². The Labute approximate surface area is 283 Å². The second-order valence-corrected chi connectivity index (χ2v) is 13.6. The van der Waals surface area contributed by atoms with Crippen molar-refractivity contribution < 1.29 is 32.5 Å². The molecule has 0 spiro atoms. The molecule has 2 aromatic heterocycles. The van der Waals surface area contributed by atoms with Gasteiger partial charge in [-0.2, -0.15) is 9.97 Å². The molecule has 0 radical (unpaired) electrons. The molecule has 1 unspecified atom stereocenters. The fourth-order valence-electron chi connectivity index (χ4n) is 8.16. The first kappa shape index (κ1) is 33.3. The van der Waals surface area contributed by atoms with Gasteiger partial charge in [-0.3, -0.25) is 14.7 Å². The first-order valence-electron chi connectivity index (χ1n) is 17.5. The summed E-state index contributed by atoms with van der Waals surface area (Å²) in [5, 5.41) is 12.0. The van der Waals surface area contributed by atoms with Crippen molar-refractivity contribution in [1.29, 1.82) is 0 Å². The average molecular weight is 678 g/mol. The van der Waals surface area contributed by atoms with E-state index in [1.165, 1.54) is 24.4 Å². The standard InChI is InChI=1S/C37H42F3N5O4/c1-3-26-29(39)11-10-22-15-25(46)16-27(30(22)26)32-31(40)33-28(18-41-32)34(44-13-7-5-6-9-23(19-44)35(47)48-4-2)43-36(42-33)49-21-37-12-8-14-45(37)20-24(38)17-37/h10-11,15-16,18,23-24,46H,3-9,12-14,17,19-21H2,1-2H3/t23?,24-,37+/m1/s1. The van der Waals surface area contributed by atoms with Crippen molar-refractivity contribution in [2.75, 3.05) is 44.3 Å². The van der Waals surface area contributed by atoms with Crippen LogP contribution in [0.15, 0.2) is 30.5 Å². The van der Waals surface area contributed by atoms with E-state index in [4.69, 9.17) is 14.5 Å². The quantitative estimate of drug-likeness (QED) is 0.200. The van der Waals surface area contributed by atoms with Gasteiger partial charge in [-0.15, -0.1) is 0 Å². The van der Waals surface area contributed by atoms with Gasteiger partial charge in [0.1, 0.15) is 41.4 Å². The largest absolute Gasteiger partial charge is 0.508 e. The highest BCUT2D eigenvalue weighted by atomic mass is 19.1. The van der Waals surface area contributed by atoms with Crippen LogP contribution < -0.4 is 9.64 Å². The predicted octanol–water partition coefficient (Wildman–Crippen LogP) is 6.91. The SMILES string of the molecule is CCOC(=O)C1CCCCCN(c2nc(OC[C@@]34CCCN3C[C@H](F)C4)nc3c(F)c(-c4cc(O)cc5ccc(F)c(CC)c45)ncc23)C1. The summed E-state index contributed by atoms with van der Waals surface area (Å²) in [6.07, 6.45) is 6.24. The van der Waals surface area contributed by atoms with Crippen LogP contribution in [0.4, 0.5) is 19.0 Å². The van der Waals surface area contributed by atoms with Gasteiger partial charge in [-0.1, -0.05) is 25.8 Å². The highest BCUT2D eigenvalue weighted by molar-refractivity contribution is 6.01. The minimum absolute atomic E-state index is 0.0544. The van der Waals surface area contributed by atoms with Crippen LogP contribution in [0.3, 0.4) is 0 Å². The van der Waals surface area contributed by atoms with E-state index in [2.05, 4.69) is 14.9 Å². The van der Waals surface area contributed by atoms with Crippen LogP contribution in [0.25, 0.3) is 32.9 Å². The average Bonchev–Trinajstić information content (AvgIpc) is 3.59. The summed E-state index contributed by atoms with van der Waals surface area (Å²) < 4.78 is 58.3. The minimum Gasteiger partial charge on any atom is -0.508 e. The number of carbonyl (C=O) groups is 1. The lowest BCUT2D eigenvalue weighted by Crippen LogP contribution is -2.43. The summed E-state index contributed by atoms with van der Waals surface area (Å²) in [6, 6.07) is 5.74. The molecule has 5 heterocycles. The number of aryl methyl sites for hydroxylation is 1. The van der Waals surface area contributed by atoms with E-state index in [0.29, 0.717) is 66.4 Å². The van der Waals surface area contributed by atoms with E-state index in [1.54, 1.807) is 13.0 Å². The summed E-state index contributed by atoms with van der Waals surface area (Å²) in [4.78, 5) is 31.0. The van der Waals surface area contributed by atoms with E-state index >= 15 is 8.78 Å². The van der Waals surface area contributed by atoms with Crippen LogP contribution in [-0.2, 0) is 16.0 Å². The third kappa shape index (κ3) is 6.24. The van der Waals surface area contributed by atoms with Gasteiger partial charge in [0.2, 0.25) is 0 Å².